The topological polar surface area (TPSA) is 33.2 Å². The first-order chi connectivity index (χ1) is 14.1. The smallest absolute Gasteiger partial charge is 0.254 e. The number of carbonyl (C=O) groups is 1. The molecular weight excluding hydrogens is 390 g/mol. The molecule has 1 saturated heterocycles. The quantitative estimate of drug-likeness (QED) is 0.565. The zero-order chi connectivity index (χ0) is 20.0. The number of nitrogens with zero attached hydrogens (tertiary/aromatic N) is 2. The summed E-state index contributed by atoms with van der Waals surface area (Å²) in [4.78, 5) is 19.9. The monoisotopic (exact) mass is 410 g/mol. The molecule has 0 N–H and O–H groups in total. The van der Waals surface area contributed by atoms with E-state index in [1.165, 1.54) is 24.3 Å². The van der Waals surface area contributed by atoms with Crippen LogP contribution in [-0.4, -0.2) is 28.4 Å². The fourth-order valence-corrected chi connectivity index (χ4v) is 5.42. The molecule has 3 nitrogen and oxygen atoms in total. The van der Waals surface area contributed by atoms with Crippen molar-refractivity contribution in [3.8, 4) is 11.3 Å². The standard InChI is InChI=1S/C23H20F2N2OS/c24-17-5-1-14(2-6-17)21-13-29-22(26-21)16-4-9-19-8-3-15-11-18(25)7-10-20(15)23(28)27(19)12-16/h1-2,5-7,10-11,13,16,19H,3-4,8-9,12H2. The van der Waals surface area contributed by atoms with Crippen molar-refractivity contribution in [3.63, 3.8) is 0 Å². The van der Waals surface area contributed by atoms with E-state index in [9.17, 15) is 13.6 Å². The van der Waals surface area contributed by atoms with Crippen LogP contribution in [0.2, 0.25) is 0 Å². The van der Waals surface area contributed by atoms with Crippen LogP contribution in [0, 0.1) is 11.6 Å². The van der Waals surface area contributed by atoms with Crippen molar-refractivity contribution in [2.75, 3.05) is 6.54 Å². The number of amides is 1. The highest BCUT2D eigenvalue weighted by molar-refractivity contribution is 7.10. The molecule has 1 fully saturated rings. The van der Waals surface area contributed by atoms with Crippen molar-refractivity contribution in [1.82, 2.24) is 9.88 Å². The number of aromatic nitrogens is 1. The Labute approximate surface area is 172 Å². The zero-order valence-corrected chi connectivity index (χ0v) is 16.6. The largest absolute Gasteiger partial charge is 0.335 e. The molecule has 0 bridgehead atoms. The molecule has 3 aromatic rings. The Kier molecular flexibility index (Phi) is 4.66. The number of piperidine rings is 1. The highest BCUT2D eigenvalue weighted by Crippen LogP contribution is 2.37. The van der Waals surface area contributed by atoms with Crippen LogP contribution >= 0.6 is 11.3 Å². The number of aryl methyl sites for hydroxylation is 1. The average molecular weight is 410 g/mol. The van der Waals surface area contributed by atoms with Gasteiger partial charge < -0.3 is 4.90 Å². The Hall–Kier alpha value is -2.60. The minimum atomic E-state index is -0.287. The molecule has 1 amide bonds. The second-order valence-electron chi connectivity index (χ2n) is 7.80. The van der Waals surface area contributed by atoms with Gasteiger partial charge in [-0.2, -0.15) is 0 Å². The fourth-order valence-electron chi connectivity index (χ4n) is 4.46. The van der Waals surface area contributed by atoms with Crippen LogP contribution in [-0.2, 0) is 6.42 Å². The molecule has 2 atom stereocenters. The minimum absolute atomic E-state index is 0.00233. The summed E-state index contributed by atoms with van der Waals surface area (Å²) in [6.07, 6.45) is 3.51. The zero-order valence-electron chi connectivity index (χ0n) is 15.8. The molecule has 29 heavy (non-hydrogen) atoms. The van der Waals surface area contributed by atoms with E-state index >= 15 is 0 Å². The van der Waals surface area contributed by atoms with Crippen molar-refractivity contribution in [2.45, 2.75) is 37.6 Å². The van der Waals surface area contributed by atoms with Crippen molar-refractivity contribution < 1.29 is 13.6 Å². The van der Waals surface area contributed by atoms with Gasteiger partial charge in [0.1, 0.15) is 11.6 Å². The number of carbonyl (C=O) groups excluding carboxylic acids is 1. The molecule has 0 aliphatic carbocycles. The third-order valence-corrected chi connectivity index (χ3v) is 7.03. The number of halogens is 2. The van der Waals surface area contributed by atoms with E-state index in [2.05, 4.69) is 0 Å². The van der Waals surface area contributed by atoms with Gasteiger partial charge in [0, 0.05) is 35.0 Å². The molecule has 2 aliphatic rings. The maximum Gasteiger partial charge on any atom is 0.254 e. The van der Waals surface area contributed by atoms with Crippen LogP contribution in [0.1, 0.15) is 46.1 Å². The first kappa shape index (κ1) is 18.4. The lowest BCUT2D eigenvalue weighted by Crippen LogP contribution is -2.45. The summed E-state index contributed by atoms with van der Waals surface area (Å²) in [6.45, 7) is 0.636. The van der Waals surface area contributed by atoms with E-state index in [1.54, 1.807) is 29.5 Å². The van der Waals surface area contributed by atoms with Gasteiger partial charge in [-0.05, 0) is 73.7 Å². The van der Waals surface area contributed by atoms with E-state index in [0.29, 0.717) is 12.1 Å². The first-order valence-electron chi connectivity index (χ1n) is 9.89. The fraction of sp³-hybridized carbons (Fsp3) is 0.304. The first-order valence-corrected chi connectivity index (χ1v) is 10.8. The lowest BCUT2D eigenvalue weighted by Gasteiger charge is -2.38. The van der Waals surface area contributed by atoms with Gasteiger partial charge in [0.2, 0.25) is 0 Å². The molecule has 2 aliphatic heterocycles. The van der Waals surface area contributed by atoms with Crippen molar-refractivity contribution in [3.05, 3.63) is 75.6 Å². The maximum atomic E-state index is 13.6. The van der Waals surface area contributed by atoms with E-state index in [-0.39, 0.29) is 29.5 Å². The summed E-state index contributed by atoms with van der Waals surface area (Å²) in [5.41, 5.74) is 3.18. The van der Waals surface area contributed by atoms with Crippen molar-refractivity contribution >= 4 is 17.2 Å². The molecule has 6 heteroatoms. The Morgan fingerprint density at radius 2 is 1.79 bits per heavy atom. The second kappa shape index (κ2) is 7.34. The van der Waals surface area contributed by atoms with Gasteiger partial charge in [-0.1, -0.05) is 0 Å². The van der Waals surface area contributed by atoms with E-state index in [0.717, 1.165) is 47.5 Å². The van der Waals surface area contributed by atoms with Gasteiger partial charge in [0.15, 0.2) is 0 Å². The predicted molar refractivity (Wildman–Crippen MR) is 109 cm³/mol. The normalized spacial score (nSPS) is 21.4. The van der Waals surface area contributed by atoms with Crippen LogP contribution in [0.3, 0.4) is 0 Å². The molecule has 2 unspecified atom stereocenters. The number of rotatable bonds is 2. The van der Waals surface area contributed by atoms with E-state index in [1.807, 2.05) is 10.3 Å². The SMILES string of the molecule is O=C1c2ccc(F)cc2CCC2CCC(c3nc(-c4ccc(F)cc4)cs3)CN12. The molecule has 0 spiro atoms. The molecule has 2 aromatic carbocycles. The molecule has 1 aromatic heterocycles. The molecular formula is C23H20F2N2OS. The summed E-state index contributed by atoms with van der Waals surface area (Å²) >= 11 is 1.60. The number of hydrogen-bond acceptors (Lipinski definition) is 3. The number of hydrogen-bond donors (Lipinski definition) is 0. The van der Waals surface area contributed by atoms with Crippen LogP contribution in [0.4, 0.5) is 8.78 Å². The van der Waals surface area contributed by atoms with Gasteiger partial charge in [0.25, 0.3) is 5.91 Å². The summed E-state index contributed by atoms with van der Waals surface area (Å²) < 4.78 is 26.8. The van der Waals surface area contributed by atoms with Crippen LogP contribution < -0.4 is 0 Å². The lowest BCUT2D eigenvalue weighted by molar-refractivity contribution is 0.0588. The molecule has 148 valence electrons. The molecule has 0 radical (unpaired) electrons. The Morgan fingerprint density at radius 1 is 1.00 bits per heavy atom. The Balaban J connectivity index is 1.39. The number of benzene rings is 2. The Bertz CT molecular complexity index is 1060. The highest BCUT2D eigenvalue weighted by atomic mass is 32.1. The minimum Gasteiger partial charge on any atom is -0.335 e. The van der Waals surface area contributed by atoms with E-state index in [4.69, 9.17) is 4.98 Å². The van der Waals surface area contributed by atoms with Gasteiger partial charge in [0.05, 0.1) is 10.7 Å². The Morgan fingerprint density at radius 3 is 2.62 bits per heavy atom. The summed E-state index contributed by atoms with van der Waals surface area (Å²) in [5.74, 6) is -0.355. The third-order valence-electron chi connectivity index (χ3n) is 6.02. The van der Waals surface area contributed by atoms with E-state index < -0.39 is 0 Å². The number of thiazole rings is 1. The van der Waals surface area contributed by atoms with Crippen LogP contribution in [0.15, 0.2) is 47.8 Å². The van der Waals surface area contributed by atoms with Gasteiger partial charge in [-0.3, -0.25) is 4.79 Å². The third kappa shape index (κ3) is 3.46. The average Bonchev–Trinajstić information content (AvgIpc) is 3.18. The van der Waals surface area contributed by atoms with Crippen molar-refractivity contribution in [2.24, 2.45) is 0 Å². The predicted octanol–water partition coefficient (Wildman–Crippen LogP) is 5.42. The molecule has 5 rings (SSSR count). The van der Waals surface area contributed by atoms with Crippen LogP contribution in [0.25, 0.3) is 11.3 Å². The molecule has 0 saturated carbocycles. The summed E-state index contributed by atoms with van der Waals surface area (Å²) in [6, 6.07) is 11.0. The lowest BCUT2D eigenvalue weighted by atomic mass is 9.91. The highest BCUT2D eigenvalue weighted by Gasteiger charge is 2.36. The second-order valence-corrected chi connectivity index (χ2v) is 8.69. The van der Waals surface area contributed by atoms with Gasteiger partial charge in [-0.25, -0.2) is 13.8 Å². The summed E-state index contributed by atoms with van der Waals surface area (Å²) in [5, 5.41) is 3.01. The van der Waals surface area contributed by atoms with Crippen LogP contribution in [0.5, 0.6) is 0 Å². The maximum absolute atomic E-state index is 13.6. The van der Waals surface area contributed by atoms with Gasteiger partial charge >= 0.3 is 0 Å². The summed E-state index contributed by atoms with van der Waals surface area (Å²) in [7, 11) is 0. The van der Waals surface area contributed by atoms with Gasteiger partial charge in [-0.15, -0.1) is 11.3 Å². The number of fused-ring (bicyclic) bond motifs is 2. The van der Waals surface area contributed by atoms with Crippen molar-refractivity contribution in [1.29, 1.82) is 0 Å². The molecule has 3 heterocycles.